The molecule has 1 aliphatic rings. The van der Waals surface area contributed by atoms with Crippen LogP contribution in [0.4, 0.5) is 0 Å². The topological polar surface area (TPSA) is 62.9 Å². The zero-order valence-corrected chi connectivity index (χ0v) is 12.2. The molecule has 1 N–H and O–H groups in total. The summed E-state index contributed by atoms with van der Waals surface area (Å²) in [7, 11) is 3.42. The Balaban J connectivity index is 1.86. The molecule has 112 valence electrons. The van der Waals surface area contributed by atoms with E-state index in [1.807, 2.05) is 6.07 Å². The molecule has 5 nitrogen and oxygen atoms in total. The first kappa shape index (κ1) is 15.1. The highest BCUT2D eigenvalue weighted by molar-refractivity contribution is 5.86. The molecular formula is C15H23NO4. The van der Waals surface area contributed by atoms with Crippen molar-refractivity contribution in [3.05, 3.63) is 23.7 Å². The molecule has 1 heterocycles. The fraction of sp³-hybridized carbons (Fsp3) is 0.667. The summed E-state index contributed by atoms with van der Waals surface area (Å²) >= 11 is 0. The molecule has 0 spiro atoms. The van der Waals surface area contributed by atoms with Gasteiger partial charge in [0.15, 0.2) is 0 Å². The Morgan fingerprint density at radius 1 is 1.40 bits per heavy atom. The third-order valence-electron chi connectivity index (χ3n) is 4.15. The molecule has 5 heteroatoms. The summed E-state index contributed by atoms with van der Waals surface area (Å²) in [5.74, 6) is 1.05. The molecular weight excluding hydrogens is 258 g/mol. The molecule has 1 aromatic heterocycles. The van der Waals surface area contributed by atoms with E-state index >= 15 is 0 Å². The first-order chi connectivity index (χ1) is 9.63. The van der Waals surface area contributed by atoms with Gasteiger partial charge in [-0.3, -0.25) is 4.90 Å². The van der Waals surface area contributed by atoms with Crippen molar-refractivity contribution in [3.8, 4) is 0 Å². The van der Waals surface area contributed by atoms with Gasteiger partial charge in [-0.1, -0.05) is 0 Å². The molecule has 0 unspecified atom stereocenters. The molecule has 1 aliphatic carbocycles. The quantitative estimate of drug-likeness (QED) is 0.837. The number of rotatable bonds is 5. The minimum Gasteiger partial charge on any atom is -0.463 e. The summed E-state index contributed by atoms with van der Waals surface area (Å²) in [6.07, 6.45) is 4.37. The smallest absolute Gasteiger partial charge is 0.373 e. The first-order valence-electron chi connectivity index (χ1n) is 7.12. The maximum Gasteiger partial charge on any atom is 0.373 e. The fourth-order valence-corrected chi connectivity index (χ4v) is 2.82. The molecule has 1 aromatic rings. The zero-order valence-electron chi connectivity index (χ0n) is 12.2. The Labute approximate surface area is 119 Å². The predicted octanol–water partition coefficient (Wildman–Crippen LogP) is 2.05. The summed E-state index contributed by atoms with van der Waals surface area (Å²) in [5, 5.41) is 9.16. The average molecular weight is 281 g/mol. The Morgan fingerprint density at radius 3 is 2.70 bits per heavy atom. The summed E-state index contributed by atoms with van der Waals surface area (Å²) in [6.45, 7) is 0.989. The molecule has 0 aliphatic heterocycles. The van der Waals surface area contributed by atoms with Crippen molar-refractivity contribution in [2.45, 2.75) is 38.3 Å². The third-order valence-corrected chi connectivity index (χ3v) is 4.15. The van der Waals surface area contributed by atoms with Gasteiger partial charge >= 0.3 is 5.97 Å². The lowest BCUT2D eigenvalue weighted by molar-refractivity contribution is 0.0559. The number of methoxy groups -OCH3 is 1. The van der Waals surface area contributed by atoms with E-state index in [2.05, 4.69) is 16.7 Å². The summed E-state index contributed by atoms with van der Waals surface area (Å²) in [5.41, 5.74) is 0. The second-order valence-electron chi connectivity index (χ2n) is 5.53. The summed E-state index contributed by atoms with van der Waals surface area (Å²) in [6, 6.07) is 3.99. The number of carbonyl (C=O) groups is 1. The number of esters is 1. The van der Waals surface area contributed by atoms with Crippen molar-refractivity contribution >= 4 is 5.97 Å². The van der Waals surface area contributed by atoms with E-state index in [1.165, 1.54) is 7.11 Å². The van der Waals surface area contributed by atoms with Crippen LogP contribution in [0.1, 0.15) is 42.0 Å². The summed E-state index contributed by atoms with van der Waals surface area (Å²) in [4.78, 5) is 13.6. The van der Waals surface area contributed by atoms with Crippen LogP contribution in [0.2, 0.25) is 0 Å². The number of hydrogen-bond acceptors (Lipinski definition) is 5. The van der Waals surface area contributed by atoms with Crippen LogP contribution >= 0.6 is 0 Å². The molecule has 0 aromatic carbocycles. The highest BCUT2D eigenvalue weighted by Crippen LogP contribution is 2.27. The minimum atomic E-state index is -0.442. The predicted molar refractivity (Wildman–Crippen MR) is 74.3 cm³/mol. The van der Waals surface area contributed by atoms with Crippen LogP contribution in [0.3, 0.4) is 0 Å². The molecule has 20 heavy (non-hydrogen) atoms. The van der Waals surface area contributed by atoms with Crippen LogP contribution in [0.25, 0.3) is 0 Å². The van der Waals surface area contributed by atoms with Crippen LogP contribution in [-0.4, -0.2) is 42.8 Å². The molecule has 0 radical (unpaired) electrons. The van der Waals surface area contributed by atoms with Crippen molar-refractivity contribution in [2.24, 2.45) is 5.92 Å². The van der Waals surface area contributed by atoms with Gasteiger partial charge in [-0.15, -0.1) is 0 Å². The minimum absolute atomic E-state index is 0.250. The van der Waals surface area contributed by atoms with E-state index in [-0.39, 0.29) is 5.76 Å². The van der Waals surface area contributed by atoms with E-state index in [4.69, 9.17) is 9.52 Å². The van der Waals surface area contributed by atoms with Gasteiger partial charge in [0.1, 0.15) is 5.76 Å². The van der Waals surface area contributed by atoms with E-state index in [0.29, 0.717) is 25.1 Å². The van der Waals surface area contributed by atoms with E-state index < -0.39 is 5.97 Å². The van der Waals surface area contributed by atoms with Crippen LogP contribution < -0.4 is 0 Å². The average Bonchev–Trinajstić information content (AvgIpc) is 2.95. The van der Waals surface area contributed by atoms with Crippen molar-refractivity contribution in [1.82, 2.24) is 4.90 Å². The highest BCUT2D eigenvalue weighted by Gasteiger charge is 2.24. The molecule has 0 atom stereocenters. The van der Waals surface area contributed by atoms with Gasteiger partial charge in [0.25, 0.3) is 0 Å². The Bertz CT molecular complexity index is 435. The van der Waals surface area contributed by atoms with Gasteiger partial charge in [-0.25, -0.2) is 4.79 Å². The van der Waals surface area contributed by atoms with Crippen molar-refractivity contribution in [2.75, 3.05) is 20.8 Å². The first-order valence-corrected chi connectivity index (χ1v) is 7.12. The fourth-order valence-electron chi connectivity index (χ4n) is 2.82. The van der Waals surface area contributed by atoms with E-state index in [1.54, 1.807) is 6.07 Å². The lowest BCUT2D eigenvalue weighted by Gasteiger charge is -2.33. The zero-order chi connectivity index (χ0) is 14.5. The lowest BCUT2D eigenvalue weighted by Crippen LogP contribution is -2.35. The second kappa shape index (κ2) is 6.90. The molecule has 2 rings (SSSR count). The molecule has 1 fully saturated rings. The van der Waals surface area contributed by atoms with Crippen molar-refractivity contribution in [3.63, 3.8) is 0 Å². The molecule has 0 saturated heterocycles. The lowest BCUT2D eigenvalue weighted by atomic mass is 9.86. The number of nitrogens with zero attached hydrogens (tertiary/aromatic N) is 1. The van der Waals surface area contributed by atoms with Gasteiger partial charge in [-0.2, -0.15) is 0 Å². The van der Waals surface area contributed by atoms with Crippen LogP contribution in [0.5, 0.6) is 0 Å². The molecule has 1 saturated carbocycles. The number of aliphatic hydroxyl groups excluding tert-OH is 1. The normalized spacial score (nSPS) is 23.0. The highest BCUT2D eigenvalue weighted by atomic mass is 16.5. The standard InChI is InChI=1S/C15H23NO4/c1-16(12-5-3-11(10-17)4-6-12)9-13-7-8-14(20-13)15(18)19-2/h7-8,11-12,17H,3-6,9-10H2,1-2H3. The van der Waals surface area contributed by atoms with Crippen LogP contribution in [-0.2, 0) is 11.3 Å². The van der Waals surface area contributed by atoms with Crippen LogP contribution in [0.15, 0.2) is 16.5 Å². The maximum atomic E-state index is 11.3. The molecule has 0 amide bonds. The van der Waals surface area contributed by atoms with Gasteiger partial charge in [-0.05, 0) is 50.8 Å². The van der Waals surface area contributed by atoms with E-state index in [9.17, 15) is 4.79 Å². The monoisotopic (exact) mass is 281 g/mol. The number of ether oxygens (including phenoxy) is 1. The second-order valence-corrected chi connectivity index (χ2v) is 5.53. The number of hydrogen-bond donors (Lipinski definition) is 1. The SMILES string of the molecule is COC(=O)c1ccc(CN(C)C2CCC(CO)CC2)o1. The van der Waals surface area contributed by atoms with Crippen LogP contribution in [0, 0.1) is 5.92 Å². The van der Waals surface area contributed by atoms with E-state index in [0.717, 1.165) is 31.4 Å². The maximum absolute atomic E-state index is 11.3. The summed E-state index contributed by atoms with van der Waals surface area (Å²) < 4.78 is 10.1. The Hall–Kier alpha value is -1.33. The van der Waals surface area contributed by atoms with Gasteiger partial charge in [0, 0.05) is 12.6 Å². The van der Waals surface area contributed by atoms with Gasteiger partial charge < -0.3 is 14.3 Å². The van der Waals surface area contributed by atoms with Gasteiger partial charge in [0.2, 0.25) is 5.76 Å². The molecule has 0 bridgehead atoms. The number of aliphatic hydroxyl groups is 1. The third kappa shape index (κ3) is 3.61. The number of carbonyl (C=O) groups excluding carboxylic acids is 1. The Morgan fingerprint density at radius 2 is 2.10 bits per heavy atom. The number of furan rings is 1. The largest absolute Gasteiger partial charge is 0.463 e. The van der Waals surface area contributed by atoms with Gasteiger partial charge in [0.05, 0.1) is 13.7 Å². The van der Waals surface area contributed by atoms with Crippen molar-refractivity contribution < 1.29 is 19.1 Å². The Kier molecular flexibility index (Phi) is 5.20. The van der Waals surface area contributed by atoms with Crippen molar-refractivity contribution in [1.29, 1.82) is 0 Å².